The second kappa shape index (κ2) is 5.11. The molecule has 0 aromatic heterocycles. The number of carbonyl (C=O) groups is 1. The molecule has 1 aromatic carbocycles. The standard InChI is InChI=1S/C15H20N2O/c18-15(16-13-8-9-13)14-7-4-10-17(14)11-12-5-2-1-3-6-12/h1-3,5-6,13-14H,4,7-11H2,(H,16,18)/t14-/m0/s1. The molecule has 3 heteroatoms. The van der Waals surface area contributed by atoms with E-state index in [0.29, 0.717) is 6.04 Å². The summed E-state index contributed by atoms with van der Waals surface area (Å²) in [7, 11) is 0. The molecule has 1 heterocycles. The number of likely N-dealkylation sites (tertiary alicyclic amines) is 1. The van der Waals surface area contributed by atoms with Crippen LogP contribution in [0.25, 0.3) is 0 Å². The van der Waals surface area contributed by atoms with E-state index in [9.17, 15) is 4.79 Å². The van der Waals surface area contributed by atoms with Crippen molar-refractivity contribution >= 4 is 5.91 Å². The zero-order valence-electron chi connectivity index (χ0n) is 10.6. The Bertz CT molecular complexity index is 414. The molecule has 1 aliphatic carbocycles. The van der Waals surface area contributed by atoms with Crippen molar-refractivity contribution in [1.82, 2.24) is 10.2 Å². The van der Waals surface area contributed by atoms with Crippen LogP contribution in [0.3, 0.4) is 0 Å². The third kappa shape index (κ3) is 2.72. The Hall–Kier alpha value is -1.35. The lowest BCUT2D eigenvalue weighted by Crippen LogP contribution is -2.43. The molecule has 3 rings (SSSR count). The third-order valence-corrected chi connectivity index (χ3v) is 3.82. The van der Waals surface area contributed by atoms with Gasteiger partial charge < -0.3 is 5.32 Å². The fourth-order valence-corrected chi connectivity index (χ4v) is 2.66. The van der Waals surface area contributed by atoms with E-state index in [1.165, 1.54) is 5.56 Å². The number of nitrogens with zero attached hydrogens (tertiary/aromatic N) is 1. The quantitative estimate of drug-likeness (QED) is 0.877. The van der Waals surface area contributed by atoms with Crippen LogP contribution in [-0.4, -0.2) is 29.4 Å². The van der Waals surface area contributed by atoms with Crippen molar-refractivity contribution in [3.05, 3.63) is 35.9 Å². The van der Waals surface area contributed by atoms with Crippen LogP contribution in [0, 0.1) is 0 Å². The lowest BCUT2D eigenvalue weighted by atomic mass is 10.1. The predicted molar refractivity (Wildman–Crippen MR) is 71.0 cm³/mol. The van der Waals surface area contributed by atoms with E-state index in [2.05, 4.69) is 34.5 Å². The molecule has 0 spiro atoms. The van der Waals surface area contributed by atoms with Crippen molar-refractivity contribution in [2.75, 3.05) is 6.54 Å². The van der Waals surface area contributed by atoms with Gasteiger partial charge in [0, 0.05) is 12.6 Å². The summed E-state index contributed by atoms with van der Waals surface area (Å²) in [6.07, 6.45) is 4.47. The van der Waals surface area contributed by atoms with Crippen molar-refractivity contribution in [3.63, 3.8) is 0 Å². The van der Waals surface area contributed by atoms with Crippen LogP contribution in [0.15, 0.2) is 30.3 Å². The topological polar surface area (TPSA) is 32.3 Å². The number of carbonyl (C=O) groups excluding carboxylic acids is 1. The number of hydrogen-bond donors (Lipinski definition) is 1. The van der Waals surface area contributed by atoms with Crippen LogP contribution in [0.2, 0.25) is 0 Å². The van der Waals surface area contributed by atoms with Gasteiger partial charge in [-0.25, -0.2) is 0 Å². The molecule has 96 valence electrons. The summed E-state index contributed by atoms with van der Waals surface area (Å²) in [5.74, 6) is 0.242. The summed E-state index contributed by atoms with van der Waals surface area (Å²) < 4.78 is 0. The molecule has 0 bridgehead atoms. The molecule has 1 saturated heterocycles. The molecule has 2 fully saturated rings. The summed E-state index contributed by atoms with van der Waals surface area (Å²) in [4.78, 5) is 14.5. The highest BCUT2D eigenvalue weighted by Crippen LogP contribution is 2.23. The lowest BCUT2D eigenvalue weighted by molar-refractivity contribution is -0.125. The number of amides is 1. The van der Waals surface area contributed by atoms with Crippen LogP contribution >= 0.6 is 0 Å². The maximum absolute atomic E-state index is 12.1. The fraction of sp³-hybridized carbons (Fsp3) is 0.533. The molecule has 0 radical (unpaired) electrons. The lowest BCUT2D eigenvalue weighted by Gasteiger charge is -2.23. The first-order valence-electron chi connectivity index (χ1n) is 6.91. The molecule has 1 aromatic rings. The first kappa shape index (κ1) is 11.7. The number of hydrogen-bond acceptors (Lipinski definition) is 2. The van der Waals surface area contributed by atoms with Gasteiger partial charge in [-0.1, -0.05) is 30.3 Å². The highest BCUT2D eigenvalue weighted by Gasteiger charge is 2.33. The van der Waals surface area contributed by atoms with Crippen LogP contribution in [0.4, 0.5) is 0 Å². The Kier molecular flexibility index (Phi) is 3.33. The summed E-state index contributed by atoms with van der Waals surface area (Å²) in [5.41, 5.74) is 1.30. The monoisotopic (exact) mass is 244 g/mol. The Labute approximate surface area is 108 Å². The molecular formula is C15H20N2O. The van der Waals surface area contributed by atoms with Gasteiger partial charge in [0.15, 0.2) is 0 Å². The fourth-order valence-electron chi connectivity index (χ4n) is 2.66. The molecule has 0 unspecified atom stereocenters. The van der Waals surface area contributed by atoms with Gasteiger partial charge in [0.2, 0.25) is 5.91 Å². The number of nitrogens with one attached hydrogen (secondary N) is 1. The Morgan fingerprint density at radius 1 is 1.22 bits per heavy atom. The number of benzene rings is 1. The predicted octanol–water partition coefficient (Wildman–Crippen LogP) is 1.93. The summed E-state index contributed by atoms with van der Waals surface area (Å²) >= 11 is 0. The maximum atomic E-state index is 12.1. The Morgan fingerprint density at radius 3 is 2.72 bits per heavy atom. The second-order valence-electron chi connectivity index (χ2n) is 5.40. The van der Waals surface area contributed by atoms with Crippen molar-refractivity contribution in [1.29, 1.82) is 0 Å². The zero-order chi connectivity index (χ0) is 12.4. The first-order chi connectivity index (χ1) is 8.83. The molecule has 1 aliphatic heterocycles. The van der Waals surface area contributed by atoms with Gasteiger partial charge in [0.25, 0.3) is 0 Å². The Morgan fingerprint density at radius 2 is 2.00 bits per heavy atom. The van der Waals surface area contributed by atoms with Crippen molar-refractivity contribution < 1.29 is 4.79 Å². The maximum Gasteiger partial charge on any atom is 0.237 e. The second-order valence-corrected chi connectivity index (χ2v) is 5.40. The SMILES string of the molecule is O=C(NC1CC1)[C@@H]1CCCN1Cc1ccccc1. The summed E-state index contributed by atoms with van der Waals surface area (Å²) in [5, 5.41) is 3.13. The van der Waals surface area contributed by atoms with Crippen LogP contribution in [-0.2, 0) is 11.3 Å². The molecule has 2 aliphatic rings. The molecule has 1 amide bonds. The largest absolute Gasteiger partial charge is 0.352 e. The molecule has 1 atom stereocenters. The summed E-state index contributed by atoms with van der Waals surface area (Å²) in [6, 6.07) is 11.0. The van der Waals surface area contributed by atoms with E-state index in [4.69, 9.17) is 0 Å². The van der Waals surface area contributed by atoms with E-state index in [1.54, 1.807) is 0 Å². The van der Waals surface area contributed by atoms with Gasteiger partial charge in [-0.05, 0) is 37.8 Å². The van der Waals surface area contributed by atoms with Gasteiger partial charge in [-0.3, -0.25) is 9.69 Å². The van der Waals surface area contributed by atoms with E-state index in [1.807, 2.05) is 6.07 Å². The average Bonchev–Trinajstić information content (AvgIpc) is 3.07. The smallest absolute Gasteiger partial charge is 0.237 e. The minimum Gasteiger partial charge on any atom is -0.352 e. The van der Waals surface area contributed by atoms with E-state index in [0.717, 1.165) is 38.8 Å². The minimum atomic E-state index is 0.0887. The molecule has 3 nitrogen and oxygen atoms in total. The Balaban J connectivity index is 1.61. The van der Waals surface area contributed by atoms with Crippen LogP contribution in [0.5, 0.6) is 0 Å². The first-order valence-corrected chi connectivity index (χ1v) is 6.91. The van der Waals surface area contributed by atoms with Crippen LogP contribution < -0.4 is 5.32 Å². The normalized spacial score (nSPS) is 24.1. The van der Waals surface area contributed by atoms with Crippen molar-refractivity contribution in [2.24, 2.45) is 0 Å². The van der Waals surface area contributed by atoms with Gasteiger partial charge in [-0.2, -0.15) is 0 Å². The van der Waals surface area contributed by atoms with E-state index in [-0.39, 0.29) is 11.9 Å². The third-order valence-electron chi connectivity index (χ3n) is 3.82. The highest BCUT2D eigenvalue weighted by molar-refractivity contribution is 5.82. The van der Waals surface area contributed by atoms with Crippen molar-refractivity contribution in [2.45, 2.75) is 44.3 Å². The van der Waals surface area contributed by atoms with Gasteiger partial charge in [0.05, 0.1) is 6.04 Å². The molecule has 1 N–H and O–H groups in total. The van der Waals surface area contributed by atoms with E-state index < -0.39 is 0 Å². The number of rotatable bonds is 4. The van der Waals surface area contributed by atoms with Gasteiger partial charge >= 0.3 is 0 Å². The van der Waals surface area contributed by atoms with Gasteiger partial charge in [-0.15, -0.1) is 0 Å². The van der Waals surface area contributed by atoms with Gasteiger partial charge in [0.1, 0.15) is 0 Å². The minimum absolute atomic E-state index is 0.0887. The average molecular weight is 244 g/mol. The van der Waals surface area contributed by atoms with Crippen LogP contribution in [0.1, 0.15) is 31.2 Å². The molecular weight excluding hydrogens is 224 g/mol. The zero-order valence-corrected chi connectivity index (χ0v) is 10.6. The molecule has 1 saturated carbocycles. The summed E-state index contributed by atoms with van der Waals surface area (Å²) in [6.45, 7) is 1.93. The van der Waals surface area contributed by atoms with Crippen molar-refractivity contribution in [3.8, 4) is 0 Å². The molecule has 18 heavy (non-hydrogen) atoms. The van der Waals surface area contributed by atoms with E-state index >= 15 is 0 Å². The highest BCUT2D eigenvalue weighted by atomic mass is 16.2.